The van der Waals surface area contributed by atoms with Crippen LogP contribution in [-0.4, -0.2) is 20.4 Å². The topological polar surface area (TPSA) is 59.8 Å². The van der Waals surface area contributed by atoms with Crippen LogP contribution >= 0.6 is 0 Å². The maximum atomic E-state index is 11.7. The third kappa shape index (κ3) is 2.90. The normalized spacial score (nSPS) is 10.2. The maximum absolute atomic E-state index is 11.7. The number of rotatable bonds is 3. The van der Waals surface area contributed by atoms with E-state index in [9.17, 15) is 4.79 Å². The first-order chi connectivity index (χ1) is 8.15. The van der Waals surface area contributed by atoms with E-state index < -0.39 is 0 Å². The fraction of sp³-hybridized carbons (Fsp3) is 0.250. The number of hydrogen-bond donors (Lipinski definition) is 1. The summed E-state index contributed by atoms with van der Waals surface area (Å²) in [6, 6.07) is 3.69. The second-order valence-corrected chi connectivity index (χ2v) is 3.90. The Morgan fingerprint density at radius 3 is 2.82 bits per heavy atom. The highest BCUT2D eigenvalue weighted by atomic mass is 16.1. The van der Waals surface area contributed by atoms with Gasteiger partial charge in [-0.25, -0.2) is 9.97 Å². The minimum Gasteiger partial charge on any atom is -0.338 e. The van der Waals surface area contributed by atoms with Gasteiger partial charge in [-0.2, -0.15) is 0 Å². The molecule has 0 aliphatic heterocycles. The number of aryl methyl sites for hydroxylation is 2. The van der Waals surface area contributed by atoms with Crippen molar-refractivity contribution in [3.8, 4) is 0 Å². The van der Waals surface area contributed by atoms with E-state index >= 15 is 0 Å². The van der Waals surface area contributed by atoms with Crippen molar-refractivity contribution in [3.63, 3.8) is 0 Å². The van der Waals surface area contributed by atoms with Crippen molar-refractivity contribution in [1.29, 1.82) is 0 Å². The number of imidazole rings is 1. The van der Waals surface area contributed by atoms with Crippen molar-refractivity contribution in [3.05, 3.63) is 42.1 Å². The largest absolute Gasteiger partial charge is 0.338 e. The summed E-state index contributed by atoms with van der Waals surface area (Å²) >= 11 is 0. The number of nitrogens with zero attached hydrogens (tertiary/aromatic N) is 3. The number of carbonyl (C=O) groups excluding carboxylic acids is 1. The Morgan fingerprint density at radius 2 is 2.24 bits per heavy atom. The zero-order chi connectivity index (χ0) is 12.3. The van der Waals surface area contributed by atoms with Crippen molar-refractivity contribution < 1.29 is 4.79 Å². The van der Waals surface area contributed by atoms with Gasteiger partial charge in [0.05, 0.1) is 6.42 Å². The molecule has 0 fully saturated rings. The van der Waals surface area contributed by atoms with Gasteiger partial charge in [0, 0.05) is 25.6 Å². The molecule has 0 aromatic carbocycles. The second kappa shape index (κ2) is 4.78. The van der Waals surface area contributed by atoms with Gasteiger partial charge in [-0.15, -0.1) is 0 Å². The van der Waals surface area contributed by atoms with Crippen LogP contribution in [0.25, 0.3) is 0 Å². The minimum absolute atomic E-state index is 0.115. The molecule has 0 spiro atoms. The Morgan fingerprint density at radius 1 is 1.41 bits per heavy atom. The highest BCUT2D eigenvalue weighted by Crippen LogP contribution is 2.05. The predicted molar refractivity (Wildman–Crippen MR) is 64.5 cm³/mol. The highest BCUT2D eigenvalue weighted by Gasteiger charge is 2.07. The van der Waals surface area contributed by atoms with Gasteiger partial charge in [-0.05, 0) is 18.6 Å². The Hall–Kier alpha value is -2.17. The van der Waals surface area contributed by atoms with Crippen molar-refractivity contribution in [2.45, 2.75) is 13.3 Å². The number of aromatic nitrogens is 3. The van der Waals surface area contributed by atoms with E-state index in [1.54, 1.807) is 18.5 Å². The third-order valence-electron chi connectivity index (χ3n) is 2.42. The molecule has 0 radical (unpaired) electrons. The van der Waals surface area contributed by atoms with E-state index in [0.29, 0.717) is 5.82 Å². The van der Waals surface area contributed by atoms with Gasteiger partial charge in [-0.3, -0.25) is 4.79 Å². The fourth-order valence-corrected chi connectivity index (χ4v) is 1.44. The summed E-state index contributed by atoms with van der Waals surface area (Å²) in [6.07, 6.45) is 5.45. The van der Waals surface area contributed by atoms with Gasteiger partial charge >= 0.3 is 0 Å². The lowest BCUT2D eigenvalue weighted by Gasteiger charge is -2.04. The first-order valence-corrected chi connectivity index (χ1v) is 5.34. The first-order valence-electron chi connectivity index (χ1n) is 5.34. The van der Waals surface area contributed by atoms with Gasteiger partial charge < -0.3 is 9.88 Å². The molecule has 0 bridgehead atoms. The van der Waals surface area contributed by atoms with Crippen molar-refractivity contribution in [1.82, 2.24) is 14.5 Å². The van der Waals surface area contributed by atoms with Crippen LogP contribution < -0.4 is 5.32 Å². The monoisotopic (exact) mass is 230 g/mol. The molecule has 88 valence electrons. The predicted octanol–water partition coefficient (Wildman–Crippen LogP) is 1.30. The van der Waals surface area contributed by atoms with Gasteiger partial charge in [0.1, 0.15) is 11.6 Å². The van der Waals surface area contributed by atoms with Gasteiger partial charge in [-0.1, -0.05) is 6.07 Å². The Labute approximate surface area is 99.5 Å². The van der Waals surface area contributed by atoms with Crippen molar-refractivity contribution in [2.24, 2.45) is 7.05 Å². The lowest BCUT2D eigenvalue weighted by Crippen LogP contribution is -2.17. The Kier molecular flexibility index (Phi) is 3.18. The molecular weight excluding hydrogens is 216 g/mol. The molecule has 0 unspecified atom stereocenters. The van der Waals surface area contributed by atoms with E-state index in [0.717, 1.165) is 11.4 Å². The zero-order valence-corrected chi connectivity index (χ0v) is 9.84. The van der Waals surface area contributed by atoms with Gasteiger partial charge in [0.25, 0.3) is 0 Å². The molecule has 0 atom stereocenters. The molecule has 0 saturated carbocycles. The Bertz CT molecular complexity index is 516. The lowest BCUT2D eigenvalue weighted by molar-refractivity contribution is -0.115. The van der Waals surface area contributed by atoms with Crippen LogP contribution in [0.5, 0.6) is 0 Å². The zero-order valence-electron chi connectivity index (χ0n) is 9.84. The molecule has 0 saturated heterocycles. The quantitative estimate of drug-likeness (QED) is 0.864. The smallest absolute Gasteiger partial charge is 0.233 e. The van der Waals surface area contributed by atoms with Gasteiger partial charge in [0.2, 0.25) is 5.91 Å². The molecule has 1 amide bonds. The number of hydrogen-bond acceptors (Lipinski definition) is 3. The van der Waals surface area contributed by atoms with Crippen LogP contribution in [-0.2, 0) is 18.3 Å². The van der Waals surface area contributed by atoms with E-state index in [1.807, 2.05) is 30.8 Å². The van der Waals surface area contributed by atoms with Crippen LogP contribution in [0, 0.1) is 6.92 Å². The van der Waals surface area contributed by atoms with Crippen LogP contribution in [0.1, 0.15) is 11.4 Å². The summed E-state index contributed by atoms with van der Waals surface area (Å²) in [6.45, 7) is 1.95. The number of amides is 1. The van der Waals surface area contributed by atoms with Crippen molar-refractivity contribution in [2.75, 3.05) is 5.32 Å². The van der Waals surface area contributed by atoms with E-state index in [-0.39, 0.29) is 12.3 Å². The molecule has 2 heterocycles. The molecule has 0 aliphatic rings. The molecule has 2 aromatic rings. The molecule has 0 aliphatic carbocycles. The SMILES string of the molecule is Cc1ccc(NC(=O)Cc2nccn2C)nc1. The summed E-state index contributed by atoms with van der Waals surface area (Å²) in [4.78, 5) is 19.9. The van der Waals surface area contributed by atoms with Crippen molar-refractivity contribution >= 4 is 11.7 Å². The maximum Gasteiger partial charge on any atom is 0.233 e. The molecule has 5 heteroatoms. The molecule has 17 heavy (non-hydrogen) atoms. The average Bonchev–Trinajstić information content (AvgIpc) is 2.68. The number of anilines is 1. The molecule has 5 nitrogen and oxygen atoms in total. The van der Waals surface area contributed by atoms with Gasteiger partial charge in [0.15, 0.2) is 0 Å². The fourth-order valence-electron chi connectivity index (χ4n) is 1.44. The average molecular weight is 230 g/mol. The molecule has 2 aromatic heterocycles. The number of pyridine rings is 1. The summed E-state index contributed by atoms with van der Waals surface area (Å²) < 4.78 is 1.82. The highest BCUT2D eigenvalue weighted by molar-refractivity contribution is 5.90. The Balaban J connectivity index is 1.98. The van der Waals surface area contributed by atoms with E-state index in [1.165, 1.54) is 0 Å². The summed E-state index contributed by atoms with van der Waals surface area (Å²) in [7, 11) is 1.86. The lowest BCUT2D eigenvalue weighted by atomic mass is 10.3. The first kappa shape index (κ1) is 11.3. The number of carbonyl (C=O) groups is 1. The standard InChI is InChI=1S/C12H14N4O/c1-9-3-4-10(14-8-9)15-12(17)7-11-13-5-6-16(11)2/h3-6,8H,7H2,1-2H3,(H,14,15,17). The second-order valence-electron chi connectivity index (χ2n) is 3.90. The van der Waals surface area contributed by atoms with Crippen LogP contribution in [0.4, 0.5) is 5.82 Å². The van der Waals surface area contributed by atoms with Crippen LogP contribution in [0.2, 0.25) is 0 Å². The number of nitrogens with one attached hydrogen (secondary N) is 1. The summed E-state index contributed by atoms with van der Waals surface area (Å²) in [5.74, 6) is 1.18. The van der Waals surface area contributed by atoms with Crippen LogP contribution in [0.15, 0.2) is 30.7 Å². The molecular formula is C12H14N4O. The van der Waals surface area contributed by atoms with E-state index in [2.05, 4.69) is 15.3 Å². The molecule has 2 rings (SSSR count). The summed E-state index contributed by atoms with van der Waals surface area (Å²) in [5, 5.41) is 2.73. The van der Waals surface area contributed by atoms with Crippen LogP contribution in [0.3, 0.4) is 0 Å². The minimum atomic E-state index is -0.115. The molecule has 1 N–H and O–H groups in total. The van der Waals surface area contributed by atoms with E-state index in [4.69, 9.17) is 0 Å². The summed E-state index contributed by atoms with van der Waals surface area (Å²) in [5.41, 5.74) is 1.06. The third-order valence-corrected chi connectivity index (χ3v) is 2.42.